The highest BCUT2D eigenvalue weighted by atomic mass is 16.2. The van der Waals surface area contributed by atoms with Crippen molar-refractivity contribution in [2.75, 3.05) is 38.5 Å². The molecule has 1 N–H and O–H groups in total. The minimum absolute atomic E-state index is 0.0110. The van der Waals surface area contributed by atoms with Crippen LogP contribution in [0, 0.1) is 5.41 Å². The molecule has 1 aromatic heterocycles. The topological polar surface area (TPSA) is 48.5 Å². The van der Waals surface area contributed by atoms with Crippen molar-refractivity contribution < 1.29 is 4.79 Å². The molecule has 4 rings (SSSR count). The minimum Gasteiger partial charge on any atom is -0.324 e. The quantitative estimate of drug-likeness (QED) is 0.864. The third-order valence-corrected chi connectivity index (χ3v) is 5.56. The molecule has 1 aromatic rings. The maximum Gasteiger partial charge on any atom is 0.323 e. The highest BCUT2D eigenvalue weighted by Crippen LogP contribution is 2.39. The van der Waals surface area contributed by atoms with Crippen LogP contribution in [-0.2, 0) is 12.8 Å². The second-order valence-electron chi connectivity index (χ2n) is 7.28. The van der Waals surface area contributed by atoms with Gasteiger partial charge in [0.1, 0.15) is 5.82 Å². The Bertz CT molecular complexity index is 602. The first-order valence-corrected chi connectivity index (χ1v) is 8.36. The first kappa shape index (κ1) is 14.0. The number of hydrogen-bond donors (Lipinski definition) is 1. The van der Waals surface area contributed by atoms with Crippen LogP contribution in [0.4, 0.5) is 10.6 Å². The van der Waals surface area contributed by atoms with Gasteiger partial charge in [-0.15, -0.1) is 0 Å². The summed E-state index contributed by atoms with van der Waals surface area (Å²) in [6, 6.07) is 2.06. The van der Waals surface area contributed by atoms with Gasteiger partial charge >= 0.3 is 6.03 Å². The molecule has 3 heterocycles. The van der Waals surface area contributed by atoms with E-state index in [0.717, 1.165) is 45.4 Å². The lowest BCUT2D eigenvalue weighted by Crippen LogP contribution is -2.36. The third-order valence-electron chi connectivity index (χ3n) is 5.56. The van der Waals surface area contributed by atoms with E-state index in [2.05, 4.69) is 28.3 Å². The van der Waals surface area contributed by atoms with Crippen LogP contribution < -0.4 is 5.32 Å². The highest BCUT2D eigenvalue weighted by molar-refractivity contribution is 5.88. The Kier molecular flexibility index (Phi) is 3.33. The van der Waals surface area contributed by atoms with Gasteiger partial charge in [0.15, 0.2) is 0 Å². The number of rotatable bonds is 1. The summed E-state index contributed by atoms with van der Waals surface area (Å²) >= 11 is 0. The molecule has 5 nitrogen and oxygen atoms in total. The van der Waals surface area contributed by atoms with Crippen molar-refractivity contribution in [1.82, 2.24) is 14.8 Å². The lowest BCUT2D eigenvalue weighted by molar-refractivity contribution is 0.212. The average molecular weight is 300 g/mol. The number of likely N-dealkylation sites (tertiary alicyclic amines) is 2. The third kappa shape index (κ3) is 2.47. The zero-order valence-corrected chi connectivity index (χ0v) is 13.3. The van der Waals surface area contributed by atoms with E-state index >= 15 is 0 Å². The molecular formula is C17H24N4O. The summed E-state index contributed by atoms with van der Waals surface area (Å²) in [4.78, 5) is 21.2. The molecule has 2 fully saturated rings. The number of carbonyl (C=O) groups excluding carboxylic acids is 1. The number of nitrogens with zero attached hydrogens (tertiary/aromatic N) is 3. The summed E-state index contributed by atoms with van der Waals surface area (Å²) in [5.41, 5.74) is 3.02. The van der Waals surface area contributed by atoms with Gasteiger partial charge in [0, 0.05) is 31.2 Å². The van der Waals surface area contributed by atoms with E-state index < -0.39 is 0 Å². The molecule has 3 aliphatic rings. The van der Waals surface area contributed by atoms with E-state index in [1.165, 1.54) is 24.0 Å². The lowest BCUT2D eigenvalue weighted by atomic mass is 9.86. The fraction of sp³-hybridized carbons (Fsp3) is 0.647. The largest absolute Gasteiger partial charge is 0.324 e. The van der Waals surface area contributed by atoms with Gasteiger partial charge in [-0.2, -0.15) is 0 Å². The summed E-state index contributed by atoms with van der Waals surface area (Å²) in [6.45, 7) is 4.02. The fourth-order valence-corrected chi connectivity index (χ4v) is 4.31. The first-order chi connectivity index (χ1) is 10.6. The van der Waals surface area contributed by atoms with Gasteiger partial charge in [-0.05, 0) is 62.9 Å². The zero-order valence-electron chi connectivity index (χ0n) is 13.3. The molecule has 2 saturated heterocycles. The van der Waals surface area contributed by atoms with Gasteiger partial charge in [-0.3, -0.25) is 5.32 Å². The summed E-state index contributed by atoms with van der Waals surface area (Å²) in [7, 11) is 2.17. The predicted octanol–water partition coefficient (Wildman–Crippen LogP) is 2.13. The summed E-state index contributed by atoms with van der Waals surface area (Å²) in [5.74, 6) is 0.704. The monoisotopic (exact) mass is 300 g/mol. The molecule has 1 aliphatic carbocycles. The number of amides is 2. The van der Waals surface area contributed by atoms with Gasteiger partial charge in [-0.25, -0.2) is 9.78 Å². The second kappa shape index (κ2) is 5.23. The maximum absolute atomic E-state index is 12.5. The maximum atomic E-state index is 12.5. The Balaban J connectivity index is 1.41. The van der Waals surface area contributed by atoms with Crippen molar-refractivity contribution in [3.63, 3.8) is 0 Å². The van der Waals surface area contributed by atoms with Crippen LogP contribution in [-0.4, -0.2) is 54.0 Å². The van der Waals surface area contributed by atoms with Crippen LogP contribution in [0.5, 0.6) is 0 Å². The molecule has 1 spiro atoms. The number of aryl methyl sites for hydroxylation is 2. The smallest absolute Gasteiger partial charge is 0.323 e. The van der Waals surface area contributed by atoms with E-state index in [1.807, 2.05) is 11.1 Å². The minimum atomic E-state index is 0.0110. The van der Waals surface area contributed by atoms with E-state index in [1.54, 1.807) is 0 Å². The van der Waals surface area contributed by atoms with Crippen LogP contribution in [0.15, 0.2) is 12.3 Å². The van der Waals surface area contributed by atoms with Crippen molar-refractivity contribution >= 4 is 11.8 Å². The molecule has 0 saturated carbocycles. The molecule has 0 radical (unpaired) electrons. The van der Waals surface area contributed by atoms with Gasteiger partial charge in [-0.1, -0.05) is 0 Å². The standard InChI is InChI=1S/C17H24N4O/c1-20-7-5-17(11-20)6-8-21(12-17)16(22)19-15-9-13-3-2-4-14(13)10-18-15/h9-10H,2-8,11-12H2,1H3,(H,18,19,22). The Morgan fingerprint density at radius 3 is 2.86 bits per heavy atom. The fourth-order valence-electron chi connectivity index (χ4n) is 4.31. The van der Waals surface area contributed by atoms with Crippen LogP contribution in [0.25, 0.3) is 0 Å². The molecule has 22 heavy (non-hydrogen) atoms. The Labute approximate surface area is 131 Å². The number of fused-ring (bicyclic) bond motifs is 1. The van der Waals surface area contributed by atoms with Crippen molar-refractivity contribution in [3.05, 3.63) is 23.4 Å². The number of anilines is 1. The zero-order chi connectivity index (χ0) is 15.2. The lowest BCUT2D eigenvalue weighted by Gasteiger charge is -2.23. The van der Waals surface area contributed by atoms with Crippen LogP contribution >= 0.6 is 0 Å². The summed E-state index contributed by atoms with van der Waals surface area (Å²) in [5, 5.41) is 2.99. The summed E-state index contributed by atoms with van der Waals surface area (Å²) < 4.78 is 0. The van der Waals surface area contributed by atoms with Crippen molar-refractivity contribution in [3.8, 4) is 0 Å². The van der Waals surface area contributed by atoms with Crippen molar-refractivity contribution in [2.45, 2.75) is 32.1 Å². The number of aromatic nitrogens is 1. The highest BCUT2D eigenvalue weighted by Gasteiger charge is 2.43. The normalized spacial score (nSPS) is 27.6. The molecule has 1 unspecified atom stereocenters. The second-order valence-corrected chi connectivity index (χ2v) is 7.28. The number of urea groups is 1. The molecule has 1 atom stereocenters. The number of pyridine rings is 1. The Morgan fingerprint density at radius 2 is 2.05 bits per heavy atom. The summed E-state index contributed by atoms with van der Waals surface area (Å²) in [6.07, 6.45) is 7.71. The van der Waals surface area contributed by atoms with Gasteiger partial charge < -0.3 is 9.80 Å². The number of carbonyl (C=O) groups is 1. The molecule has 2 amide bonds. The van der Waals surface area contributed by atoms with E-state index in [9.17, 15) is 4.79 Å². The molecule has 118 valence electrons. The van der Waals surface area contributed by atoms with Gasteiger partial charge in [0.25, 0.3) is 0 Å². The van der Waals surface area contributed by atoms with E-state index in [4.69, 9.17) is 0 Å². The molecular weight excluding hydrogens is 276 g/mol. The molecule has 0 aromatic carbocycles. The molecule has 2 aliphatic heterocycles. The Hall–Kier alpha value is -1.62. The SMILES string of the molecule is CN1CCC2(CCN(C(=O)Nc3cc4c(cn3)CCC4)C2)C1. The van der Waals surface area contributed by atoms with Crippen LogP contribution in [0.3, 0.4) is 0 Å². The molecule has 0 bridgehead atoms. The van der Waals surface area contributed by atoms with Gasteiger partial charge in [0.05, 0.1) is 0 Å². The van der Waals surface area contributed by atoms with Crippen LogP contribution in [0.1, 0.15) is 30.4 Å². The number of hydrogen-bond acceptors (Lipinski definition) is 3. The van der Waals surface area contributed by atoms with Crippen molar-refractivity contribution in [2.24, 2.45) is 5.41 Å². The predicted molar refractivity (Wildman–Crippen MR) is 86.0 cm³/mol. The van der Waals surface area contributed by atoms with E-state index in [0.29, 0.717) is 11.2 Å². The first-order valence-electron chi connectivity index (χ1n) is 8.36. The average Bonchev–Trinajstić information content (AvgIpc) is 3.20. The molecule has 5 heteroatoms. The van der Waals surface area contributed by atoms with E-state index in [-0.39, 0.29) is 6.03 Å². The Morgan fingerprint density at radius 1 is 1.23 bits per heavy atom. The van der Waals surface area contributed by atoms with Gasteiger partial charge in [0.2, 0.25) is 0 Å². The van der Waals surface area contributed by atoms with Crippen LogP contribution in [0.2, 0.25) is 0 Å². The van der Waals surface area contributed by atoms with Crippen molar-refractivity contribution in [1.29, 1.82) is 0 Å². The number of nitrogens with one attached hydrogen (secondary N) is 1.